The van der Waals surface area contributed by atoms with Crippen molar-refractivity contribution in [2.45, 2.75) is 0 Å². The van der Waals surface area contributed by atoms with Crippen molar-refractivity contribution in [1.82, 2.24) is 9.97 Å². The van der Waals surface area contributed by atoms with Gasteiger partial charge in [-0.1, -0.05) is 23.7 Å². The summed E-state index contributed by atoms with van der Waals surface area (Å²) in [4.78, 5) is 19.7. The average molecular weight is 370 g/mol. The average Bonchev–Trinajstić information content (AvgIpc) is 2.64. The first-order valence-electron chi connectivity index (χ1n) is 7.76. The van der Waals surface area contributed by atoms with Gasteiger partial charge in [0, 0.05) is 35.3 Å². The highest BCUT2D eigenvalue weighted by Crippen LogP contribution is 2.38. The van der Waals surface area contributed by atoms with Gasteiger partial charge < -0.3 is 15.2 Å². The van der Waals surface area contributed by atoms with Crippen LogP contribution in [0.15, 0.2) is 42.6 Å². The molecule has 1 heterocycles. The van der Waals surface area contributed by atoms with Crippen LogP contribution in [0.5, 0.6) is 5.75 Å². The number of nitrogens with zero attached hydrogens (tertiary/aromatic N) is 2. The number of anilines is 1. The Morgan fingerprint density at radius 1 is 1.35 bits per heavy atom. The lowest BCUT2D eigenvalue weighted by molar-refractivity contribution is -0.131. The van der Waals surface area contributed by atoms with Crippen LogP contribution in [0, 0.1) is 0 Å². The van der Waals surface area contributed by atoms with Gasteiger partial charge in [-0.25, -0.2) is 14.8 Å². The molecule has 0 saturated heterocycles. The number of nitrogens with one attached hydrogen (secondary N) is 1. The highest BCUT2D eigenvalue weighted by atomic mass is 35.5. The molecule has 0 spiro atoms. The van der Waals surface area contributed by atoms with E-state index in [1.54, 1.807) is 19.3 Å². The third-order valence-electron chi connectivity index (χ3n) is 3.82. The van der Waals surface area contributed by atoms with E-state index in [4.69, 9.17) is 21.4 Å². The Morgan fingerprint density at radius 2 is 2.15 bits per heavy atom. The molecule has 26 heavy (non-hydrogen) atoms. The third-order valence-corrected chi connectivity index (χ3v) is 4.06. The molecule has 0 aliphatic rings. The van der Waals surface area contributed by atoms with Gasteiger partial charge in [0.05, 0.1) is 7.11 Å². The molecule has 0 saturated carbocycles. The van der Waals surface area contributed by atoms with Crippen molar-refractivity contribution in [3.05, 3.63) is 53.2 Å². The summed E-state index contributed by atoms with van der Waals surface area (Å²) in [5, 5.41) is 13.2. The molecule has 0 atom stereocenters. The monoisotopic (exact) mass is 369 g/mol. The number of carboxylic acid groups (broad SMARTS) is 1. The highest BCUT2D eigenvalue weighted by molar-refractivity contribution is 6.31. The number of rotatable bonds is 5. The lowest BCUT2D eigenvalue weighted by Crippen LogP contribution is -2.00. The Morgan fingerprint density at radius 3 is 2.81 bits per heavy atom. The van der Waals surface area contributed by atoms with Crippen molar-refractivity contribution in [2.75, 3.05) is 19.5 Å². The summed E-state index contributed by atoms with van der Waals surface area (Å²) in [5.74, 6) is -0.135. The number of carboxylic acids is 1. The zero-order valence-electron chi connectivity index (χ0n) is 14.2. The van der Waals surface area contributed by atoms with E-state index in [1.807, 2.05) is 24.3 Å². The Kier molecular flexibility index (Phi) is 5.04. The summed E-state index contributed by atoms with van der Waals surface area (Å²) in [7, 11) is 3.24. The molecule has 0 radical (unpaired) electrons. The molecule has 0 aliphatic heterocycles. The summed E-state index contributed by atoms with van der Waals surface area (Å²) in [6.45, 7) is 0. The Hall–Kier alpha value is -3.12. The molecule has 0 aliphatic carbocycles. The van der Waals surface area contributed by atoms with Crippen LogP contribution in [0.25, 0.3) is 28.1 Å². The van der Waals surface area contributed by atoms with E-state index in [2.05, 4.69) is 15.3 Å². The number of carbonyl (C=O) groups is 1. The quantitative estimate of drug-likeness (QED) is 0.659. The van der Waals surface area contributed by atoms with Crippen LogP contribution in [0.1, 0.15) is 5.56 Å². The number of fused-ring (bicyclic) bond motifs is 1. The lowest BCUT2D eigenvalue weighted by Gasteiger charge is -2.14. The van der Waals surface area contributed by atoms with Crippen LogP contribution < -0.4 is 10.1 Å². The number of benzene rings is 2. The van der Waals surface area contributed by atoms with Crippen LogP contribution in [-0.2, 0) is 4.79 Å². The van der Waals surface area contributed by atoms with E-state index in [0.717, 1.165) is 22.6 Å². The fraction of sp³-hybridized carbons (Fsp3) is 0.105. The molecule has 0 bridgehead atoms. The summed E-state index contributed by atoms with van der Waals surface area (Å²) in [5.41, 5.74) is 2.87. The molecule has 1 aromatic heterocycles. The normalized spacial score (nSPS) is 11.0. The van der Waals surface area contributed by atoms with Crippen LogP contribution in [0.4, 0.5) is 5.95 Å². The Bertz CT molecular complexity index is 1020. The van der Waals surface area contributed by atoms with Crippen LogP contribution in [0.3, 0.4) is 0 Å². The molecule has 0 fully saturated rings. The minimum Gasteiger partial charge on any atom is -0.494 e. The second kappa shape index (κ2) is 7.41. The van der Waals surface area contributed by atoms with Gasteiger partial charge in [0.1, 0.15) is 5.52 Å². The number of hydrogen-bond acceptors (Lipinski definition) is 5. The lowest BCUT2D eigenvalue weighted by atomic mass is 9.97. The van der Waals surface area contributed by atoms with Crippen molar-refractivity contribution in [2.24, 2.45) is 0 Å². The molecular formula is C19H16ClN3O3. The molecule has 0 amide bonds. The molecule has 132 valence electrons. The number of halogens is 1. The van der Waals surface area contributed by atoms with E-state index in [1.165, 1.54) is 13.2 Å². The minimum absolute atomic E-state index is 0.437. The summed E-state index contributed by atoms with van der Waals surface area (Å²) in [6.07, 6.45) is 4.25. The molecule has 6 nitrogen and oxygen atoms in total. The first-order chi connectivity index (χ1) is 12.5. The number of methoxy groups -OCH3 is 1. The summed E-state index contributed by atoms with van der Waals surface area (Å²) < 4.78 is 5.52. The molecular weight excluding hydrogens is 354 g/mol. The van der Waals surface area contributed by atoms with E-state index in [0.29, 0.717) is 27.8 Å². The van der Waals surface area contributed by atoms with Gasteiger partial charge in [-0.3, -0.25) is 0 Å². The van der Waals surface area contributed by atoms with E-state index >= 15 is 0 Å². The SMILES string of the molecule is CNc1ncc2c(-c3cccc(Cl)c3)cc(C=CC(=O)O)c(OC)c2n1. The predicted molar refractivity (Wildman–Crippen MR) is 103 cm³/mol. The van der Waals surface area contributed by atoms with E-state index in [9.17, 15) is 4.79 Å². The number of ether oxygens (including phenoxy) is 1. The van der Waals surface area contributed by atoms with Crippen LogP contribution in [-0.4, -0.2) is 35.2 Å². The van der Waals surface area contributed by atoms with Crippen molar-refractivity contribution in [3.63, 3.8) is 0 Å². The first-order valence-corrected chi connectivity index (χ1v) is 8.13. The maximum absolute atomic E-state index is 11.0. The van der Waals surface area contributed by atoms with Gasteiger partial charge in [-0.05, 0) is 35.4 Å². The summed E-state index contributed by atoms with van der Waals surface area (Å²) >= 11 is 6.14. The van der Waals surface area contributed by atoms with Crippen molar-refractivity contribution >= 4 is 40.5 Å². The fourth-order valence-corrected chi connectivity index (χ4v) is 2.89. The van der Waals surface area contributed by atoms with Gasteiger partial charge in [0.25, 0.3) is 0 Å². The largest absolute Gasteiger partial charge is 0.494 e. The van der Waals surface area contributed by atoms with Crippen molar-refractivity contribution in [3.8, 4) is 16.9 Å². The molecule has 3 aromatic rings. The van der Waals surface area contributed by atoms with Crippen molar-refractivity contribution in [1.29, 1.82) is 0 Å². The standard InChI is InChI=1S/C19H16ClN3O3/c1-21-19-22-10-15-14(11-4-3-5-13(20)8-11)9-12(6-7-16(24)25)18(26-2)17(15)23-19/h3-10H,1-2H3,(H,24,25)(H,21,22,23). The second-order valence-corrected chi connectivity index (χ2v) is 5.87. The smallest absolute Gasteiger partial charge is 0.328 e. The van der Waals surface area contributed by atoms with Crippen LogP contribution in [0.2, 0.25) is 5.02 Å². The number of aromatic nitrogens is 2. The first kappa shape index (κ1) is 17.7. The van der Waals surface area contributed by atoms with Gasteiger partial charge in [0.15, 0.2) is 5.75 Å². The molecule has 2 N–H and O–H groups in total. The Balaban J connectivity index is 2.37. The molecule has 3 rings (SSSR count). The predicted octanol–water partition coefficient (Wildman–Crippen LogP) is 4.10. The third kappa shape index (κ3) is 3.45. The maximum Gasteiger partial charge on any atom is 0.328 e. The topological polar surface area (TPSA) is 84.3 Å². The number of aliphatic carboxylic acids is 1. The van der Waals surface area contributed by atoms with Gasteiger partial charge in [-0.2, -0.15) is 0 Å². The van der Waals surface area contributed by atoms with Crippen LogP contribution >= 0.6 is 11.6 Å². The zero-order valence-corrected chi connectivity index (χ0v) is 14.9. The Labute approximate surface area is 155 Å². The summed E-state index contributed by atoms with van der Waals surface area (Å²) in [6, 6.07) is 9.24. The minimum atomic E-state index is -1.05. The number of hydrogen-bond donors (Lipinski definition) is 2. The molecule has 2 aromatic carbocycles. The van der Waals surface area contributed by atoms with Gasteiger partial charge >= 0.3 is 5.97 Å². The van der Waals surface area contributed by atoms with Crippen molar-refractivity contribution < 1.29 is 14.6 Å². The van der Waals surface area contributed by atoms with Gasteiger partial charge in [0.2, 0.25) is 5.95 Å². The zero-order chi connectivity index (χ0) is 18.7. The van der Waals surface area contributed by atoms with E-state index in [-0.39, 0.29) is 0 Å². The fourth-order valence-electron chi connectivity index (χ4n) is 2.70. The maximum atomic E-state index is 11.0. The molecule has 0 unspecified atom stereocenters. The van der Waals surface area contributed by atoms with Gasteiger partial charge in [-0.15, -0.1) is 0 Å². The van der Waals surface area contributed by atoms with E-state index < -0.39 is 5.97 Å². The highest BCUT2D eigenvalue weighted by Gasteiger charge is 2.16. The second-order valence-electron chi connectivity index (χ2n) is 5.43. The molecule has 7 heteroatoms.